The van der Waals surface area contributed by atoms with Crippen LogP contribution in [0.1, 0.15) is 36.4 Å². The SMILES string of the molecule is O=C(O)[C@H]1CCCN(N(CC2CC2)C(=O)c2nnc(-c3ccc(F)cc3F)o2)C1. The second-order valence-corrected chi connectivity index (χ2v) is 7.46. The summed E-state index contributed by atoms with van der Waals surface area (Å²) in [7, 11) is 0. The van der Waals surface area contributed by atoms with Crippen LogP contribution < -0.4 is 0 Å². The molecule has 1 aromatic heterocycles. The summed E-state index contributed by atoms with van der Waals surface area (Å²) in [4.78, 5) is 24.4. The molecule has 1 saturated carbocycles. The standard InChI is InChI=1S/C19H20F2N4O4/c20-13-5-6-14(15(21)8-13)16-22-23-17(29-16)18(26)25(9-11-3-4-11)24-7-1-2-12(10-24)19(27)28/h5-6,8,11-12H,1-4,7,9-10H2,(H,27,28)/t12-/m0/s1. The minimum absolute atomic E-state index is 0.101. The van der Waals surface area contributed by atoms with Gasteiger partial charge in [0.25, 0.3) is 5.89 Å². The molecule has 29 heavy (non-hydrogen) atoms. The van der Waals surface area contributed by atoms with Crippen LogP contribution in [0.15, 0.2) is 22.6 Å². The summed E-state index contributed by atoms with van der Waals surface area (Å²) in [5.74, 6) is -3.80. The fourth-order valence-electron chi connectivity index (χ4n) is 3.44. The Morgan fingerprint density at radius 3 is 2.72 bits per heavy atom. The fourth-order valence-corrected chi connectivity index (χ4v) is 3.44. The molecule has 1 aliphatic carbocycles. The molecule has 1 atom stereocenters. The molecule has 1 amide bonds. The summed E-state index contributed by atoms with van der Waals surface area (Å²) in [6.45, 7) is 1.21. The second kappa shape index (κ2) is 7.86. The predicted octanol–water partition coefficient (Wildman–Crippen LogP) is 2.58. The summed E-state index contributed by atoms with van der Waals surface area (Å²) in [5.41, 5.74) is -0.101. The smallest absolute Gasteiger partial charge is 0.325 e. The highest BCUT2D eigenvalue weighted by Gasteiger charge is 2.36. The quantitative estimate of drug-likeness (QED) is 0.787. The summed E-state index contributed by atoms with van der Waals surface area (Å²) >= 11 is 0. The number of aromatic nitrogens is 2. The molecule has 2 fully saturated rings. The van der Waals surface area contributed by atoms with E-state index in [2.05, 4.69) is 10.2 Å². The number of aliphatic carboxylic acids is 1. The van der Waals surface area contributed by atoms with Gasteiger partial charge in [-0.15, -0.1) is 10.2 Å². The van der Waals surface area contributed by atoms with Crippen molar-refractivity contribution in [2.45, 2.75) is 25.7 Å². The zero-order valence-corrected chi connectivity index (χ0v) is 15.6. The second-order valence-electron chi connectivity index (χ2n) is 7.46. The number of amides is 1. The molecule has 1 N–H and O–H groups in total. The third kappa shape index (κ3) is 4.26. The van der Waals surface area contributed by atoms with E-state index in [1.807, 2.05) is 0 Å². The molecule has 0 radical (unpaired) electrons. The van der Waals surface area contributed by atoms with Crippen LogP contribution in [0.3, 0.4) is 0 Å². The van der Waals surface area contributed by atoms with Crippen molar-refractivity contribution in [1.29, 1.82) is 0 Å². The first-order valence-corrected chi connectivity index (χ1v) is 9.51. The van der Waals surface area contributed by atoms with E-state index >= 15 is 0 Å². The van der Waals surface area contributed by atoms with Crippen LogP contribution in [0.4, 0.5) is 8.78 Å². The van der Waals surface area contributed by atoms with Crippen molar-refractivity contribution in [3.8, 4) is 11.5 Å². The van der Waals surface area contributed by atoms with Gasteiger partial charge in [-0.05, 0) is 43.7 Å². The lowest BCUT2D eigenvalue weighted by Gasteiger charge is -2.38. The third-order valence-electron chi connectivity index (χ3n) is 5.22. The van der Waals surface area contributed by atoms with Crippen molar-refractivity contribution in [3.05, 3.63) is 35.7 Å². The van der Waals surface area contributed by atoms with Gasteiger partial charge in [-0.25, -0.2) is 13.8 Å². The largest absolute Gasteiger partial charge is 0.481 e. The Morgan fingerprint density at radius 2 is 2.03 bits per heavy atom. The molecule has 154 valence electrons. The zero-order valence-electron chi connectivity index (χ0n) is 15.6. The topological polar surface area (TPSA) is 99.8 Å². The maximum atomic E-state index is 14.0. The van der Waals surface area contributed by atoms with Gasteiger partial charge in [0, 0.05) is 25.7 Å². The Bertz CT molecular complexity index is 931. The summed E-state index contributed by atoms with van der Waals surface area (Å²) in [5, 5.41) is 20.0. The van der Waals surface area contributed by atoms with Crippen molar-refractivity contribution in [2.24, 2.45) is 11.8 Å². The van der Waals surface area contributed by atoms with Gasteiger partial charge in [-0.2, -0.15) is 0 Å². The van der Waals surface area contributed by atoms with Crippen LogP contribution in [0.2, 0.25) is 0 Å². The van der Waals surface area contributed by atoms with E-state index in [1.165, 1.54) is 5.01 Å². The van der Waals surface area contributed by atoms with Crippen LogP contribution in [0, 0.1) is 23.5 Å². The Labute approximate surface area is 165 Å². The Kier molecular flexibility index (Phi) is 5.27. The highest BCUT2D eigenvalue weighted by atomic mass is 19.1. The van der Waals surface area contributed by atoms with Crippen molar-refractivity contribution in [3.63, 3.8) is 0 Å². The average Bonchev–Trinajstić information content (AvgIpc) is 3.39. The van der Waals surface area contributed by atoms with E-state index < -0.39 is 29.4 Å². The molecule has 0 unspecified atom stereocenters. The minimum Gasteiger partial charge on any atom is -0.481 e. The lowest BCUT2D eigenvalue weighted by atomic mass is 9.99. The molecule has 2 aliphatic rings. The number of carbonyl (C=O) groups excluding carboxylic acids is 1. The summed E-state index contributed by atoms with van der Waals surface area (Å²) < 4.78 is 32.5. The summed E-state index contributed by atoms with van der Waals surface area (Å²) in [6.07, 6.45) is 3.21. The van der Waals surface area contributed by atoms with Gasteiger partial charge >= 0.3 is 17.8 Å². The van der Waals surface area contributed by atoms with Gasteiger partial charge < -0.3 is 9.52 Å². The third-order valence-corrected chi connectivity index (χ3v) is 5.22. The van der Waals surface area contributed by atoms with E-state index in [4.69, 9.17) is 4.42 Å². The van der Waals surface area contributed by atoms with Crippen LogP contribution in [-0.2, 0) is 4.79 Å². The molecule has 2 heterocycles. The lowest BCUT2D eigenvalue weighted by Crippen LogP contribution is -2.52. The van der Waals surface area contributed by atoms with E-state index in [9.17, 15) is 23.5 Å². The highest BCUT2D eigenvalue weighted by Crippen LogP contribution is 2.32. The van der Waals surface area contributed by atoms with Crippen molar-refractivity contribution < 1.29 is 27.9 Å². The van der Waals surface area contributed by atoms with Crippen LogP contribution >= 0.6 is 0 Å². The number of carbonyl (C=O) groups is 2. The molecule has 10 heteroatoms. The van der Waals surface area contributed by atoms with Crippen LogP contribution in [0.5, 0.6) is 0 Å². The molecule has 2 aromatic rings. The van der Waals surface area contributed by atoms with Gasteiger partial charge in [0.05, 0.1) is 11.5 Å². The molecule has 8 nitrogen and oxygen atoms in total. The molecule has 0 spiro atoms. The maximum absolute atomic E-state index is 14.0. The van der Waals surface area contributed by atoms with E-state index in [0.717, 1.165) is 25.0 Å². The van der Waals surface area contributed by atoms with Gasteiger partial charge in [-0.3, -0.25) is 14.6 Å². The zero-order chi connectivity index (χ0) is 20.5. The van der Waals surface area contributed by atoms with Gasteiger partial charge in [-0.1, -0.05) is 0 Å². The summed E-state index contributed by atoms with van der Waals surface area (Å²) in [6, 6.07) is 2.92. The first-order valence-electron chi connectivity index (χ1n) is 9.51. The molecular weight excluding hydrogens is 386 g/mol. The molecule has 0 bridgehead atoms. The predicted molar refractivity (Wildman–Crippen MR) is 95.3 cm³/mol. The maximum Gasteiger partial charge on any atom is 0.325 e. The number of hydrazine groups is 1. The van der Waals surface area contributed by atoms with Crippen molar-refractivity contribution >= 4 is 11.9 Å². The number of nitrogens with zero attached hydrogens (tertiary/aromatic N) is 4. The Hall–Kier alpha value is -2.88. The van der Waals surface area contributed by atoms with Crippen LogP contribution in [-0.4, -0.2) is 56.8 Å². The first kappa shape index (κ1) is 19.4. The number of rotatable bonds is 6. The van der Waals surface area contributed by atoms with E-state index in [0.29, 0.717) is 37.9 Å². The molecular formula is C19H20F2N4O4. The number of piperidine rings is 1. The normalized spacial score (nSPS) is 19.9. The number of hydrogen-bond acceptors (Lipinski definition) is 6. The number of carboxylic acid groups (broad SMARTS) is 1. The number of hydrogen-bond donors (Lipinski definition) is 1. The van der Waals surface area contributed by atoms with E-state index in [1.54, 1.807) is 5.01 Å². The lowest BCUT2D eigenvalue weighted by molar-refractivity contribution is -0.146. The number of carboxylic acids is 1. The number of benzene rings is 1. The van der Waals surface area contributed by atoms with E-state index in [-0.39, 0.29) is 23.9 Å². The molecule has 1 aromatic carbocycles. The van der Waals surface area contributed by atoms with Gasteiger partial charge in [0.1, 0.15) is 11.6 Å². The van der Waals surface area contributed by atoms with Crippen molar-refractivity contribution in [1.82, 2.24) is 20.2 Å². The van der Waals surface area contributed by atoms with Gasteiger partial charge in [0.15, 0.2) is 0 Å². The highest BCUT2D eigenvalue weighted by molar-refractivity contribution is 5.89. The van der Waals surface area contributed by atoms with Crippen molar-refractivity contribution in [2.75, 3.05) is 19.6 Å². The fraction of sp³-hybridized carbons (Fsp3) is 0.474. The Balaban J connectivity index is 1.56. The van der Waals surface area contributed by atoms with Gasteiger partial charge in [0.2, 0.25) is 0 Å². The first-order chi connectivity index (χ1) is 13.9. The average molecular weight is 406 g/mol. The monoisotopic (exact) mass is 406 g/mol. The molecule has 1 aliphatic heterocycles. The Morgan fingerprint density at radius 1 is 1.24 bits per heavy atom. The molecule has 1 saturated heterocycles. The molecule has 4 rings (SSSR count). The number of halogens is 2. The minimum atomic E-state index is -0.889. The van der Waals surface area contributed by atoms with Crippen LogP contribution in [0.25, 0.3) is 11.5 Å².